The second-order valence-electron chi connectivity index (χ2n) is 9.05. The highest BCUT2D eigenvalue weighted by molar-refractivity contribution is 7.99. The molecule has 2 aromatic rings. The van der Waals surface area contributed by atoms with Crippen LogP contribution in [-0.2, 0) is 6.54 Å². The average Bonchev–Trinajstić information content (AvgIpc) is 3.25. The van der Waals surface area contributed by atoms with Crippen molar-refractivity contribution < 1.29 is 4.79 Å². The SMILES string of the molecule is [C-]#[N+]c1cnc(C(=O)Nc2ccc(CN3CCSCC3)cc2C2=CCC(C)(C)CC2)[nH]1. The van der Waals surface area contributed by atoms with Gasteiger partial charge in [-0.25, -0.2) is 4.98 Å². The Balaban J connectivity index is 1.60. The summed E-state index contributed by atoms with van der Waals surface area (Å²) in [5.41, 5.74) is 4.80. The smallest absolute Gasteiger partial charge is 0.314 e. The maximum absolute atomic E-state index is 12.7. The Bertz CT molecular complexity index is 1030. The standard InChI is InChI=1S/C24H29N5OS/c1-24(2)8-6-18(7-9-24)19-14-17(16-29-10-12-31-13-11-29)4-5-20(19)27-23(30)22-26-15-21(25-3)28-22/h4-6,14-15H,7-13,16H2,1-2H3,(H,26,28)(H,27,30). The average molecular weight is 436 g/mol. The summed E-state index contributed by atoms with van der Waals surface area (Å²) in [5.74, 6) is 2.48. The van der Waals surface area contributed by atoms with E-state index in [1.165, 1.54) is 28.8 Å². The lowest BCUT2D eigenvalue weighted by molar-refractivity contribution is 0.101. The van der Waals surface area contributed by atoms with Crippen molar-refractivity contribution in [3.63, 3.8) is 0 Å². The summed E-state index contributed by atoms with van der Waals surface area (Å²) < 4.78 is 0. The highest BCUT2D eigenvalue weighted by Gasteiger charge is 2.24. The molecule has 0 saturated carbocycles. The summed E-state index contributed by atoms with van der Waals surface area (Å²) in [5, 5.41) is 3.02. The van der Waals surface area contributed by atoms with E-state index in [0.717, 1.165) is 50.1 Å². The van der Waals surface area contributed by atoms with Gasteiger partial charge in [0, 0.05) is 42.4 Å². The molecule has 1 aromatic heterocycles. The molecule has 1 amide bonds. The lowest BCUT2D eigenvalue weighted by Gasteiger charge is -2.30. The fourth-order valence-corrected chi connectivity index (χ4v) is 5.05. The van der Waals surface area contributed by atoms with E-state index in [4.69, 9.17) is 6.57 Å². The number of hydrogen-bond donors (Lipinski definition) is 2. The summed E-state index contributed by atoms with van der Waals surface area (Å²) in [6.07, 6.45) is 6.89. The number of nitrogens with zero attached hydrogens (tertiary/aromatic N) is 3. The van der Waals surface area contributed by atoms with Gasteiger partial charge in [0.2, 0.25) is 5.82 Å². The molecule has 1 aromatic carbocycles. The lowest BCUT2D eigenvalue weighted by Crippen LogP contribution is -2.32. The van der Waals surface area contributed by atoms with E-state index in [-0.39, 0.29) is 17.5 Å². The predicted molar refractivity (Wildman–Crippen MR) is 127 cm³/mol. The number of hydrogen-bond acceptors (Lipinski definition) is 4. The van der Waals surface area contributed by atoms with Crippen LogP contribution in [0.4, 0.5) is 11.5 Å². The zero-order chi connectivity index (χ0) is 21.8. The van der Waals surface area contributed by atoms with Crippen molar-refractivity contribution in [3.8, 4) is 0 Å². The van der Waals surface area contributed by atoms with E-state index in [1.807, 2.05) is 17.8 Å². The Kier molecular flexibility index (Phi) is 6.49. The Morgan fingerprint density at radius 2 is 2.16 bits per heavy atom. The van der Waals surface area contributed by atoms with Crippen LogP contribution in [0.3, 0.4) is 0 Å². The van der Waals surface area contributed by atoms with Crippen LogP contribution in [0.1, 0.15) is 54.9 Å². The monoisotopic (exact) mass is 435 g/mol. The minimum absolute atomic E-state index is 0.158. The molecule has 1 saturated heterocycles. The number of rotatable bonds is 5. The molecular weight excluding hydrogens is 406 g/mol. The van der Waals surface area contributed by atoms with Crippen LogP contribution in [0, 0.1) is 12.0 Å². The number of benzene rings is 1. The number of carbonyl (C=O) groups excluding carboxylic acids is 1. The van der Waals surface area contributed by atoms with E-state index >= 15 is 0 Å². The van der Waals surface area contributed by atoms with Gasteiger partial charge in [0.1, 0.15) is 0 Å². The molecule has 4 rings (SSSR count). The zero-order valence-electron chi connectivity index (χ0n) is 18.2. The zero-order valence-corrected chi connectivity index (χ0v) is 19.0. The quantitative estimate of drug-likeness (QED) is 0.621. The van der Waals surface area contributed by atoms with E-state index in [9.17, 15) is 4.79 Å². The van der Waals surface area contributed by atoms with E-state index < -0.39 is 0 Å². The first-order valence-electron chi connectivity index (χ1n) is 10.8. The van der Waals surface area contributed by atoms with Crippen molar-refractivity contribution in [2.24, 2.45) is 5.41 Å². The Morgan fingerprint density at radius 3 is 2.84 bits per heavy atom. The van der Waals surface area contributed by atoms with Crippen molar-refractivity contribution in [3.05, 3.63) is 58.8 Å². The van der Waals surface area contributed by atoms with Crippen molar-refractivity contribution in [1.29, 1.82) is 0 Å². The van der Waals surface area contributed by atoms with Crippen molar-refractivity contribution in [2.75, 3.05) is 29.9 Å². The highest BCUT2D eigenvalue weighted by atomic mass is 32.2. The second kappa shape index (κ2) is 9.29. The van der Waals surface area contributed by atoms with E-state index in [1.54, 1.807) is 0 Å². The summed E-state index contributed by atoms with van der Waals surface area (Å²) in [6, 6.07) is 6.37. The topological polar surface area (TPSA) is 65.4 Å². The van der Waals surface area contributed by atoms with Gasteiger partial charge in [0.05, 0.1) is 6.20 Å². The number of anilines is 1. The third kappa shape index (κ3) is 5.38. The molecule has 0 radical (unpaired) electrons. The number of H-pyrrole nitrogens is 1. The summed E-state index contributed by atoms with van der Waals surface area (Å²) in [7, 11) is 0. The minimum Gasteiger partial charge on any atom is -0.363 e. The van der Waals surface area contributed by atoms with Crippen LogP contribution < -0.4 is 5.32 Å². The number of amides is 1. The van der Waals surface area contributed by atoms with Gasteiger partial charge in [-0.1, -0.05) is 32.6 Å². The molecule has 1 aliphatic carbocycles. The summed E-state index contributed by atoms with van der Waals surface area (Å²) in [6.45, 7) is 14.9. The van der Waals surface area contributed by atoms with Gasteiger partial charge in [0.25, 0.3) is 5.82 Å². The van der Waals surface area contributed by atoms with Crippen LogP contribution in [0.2, 0.25) is 0 Å². The molecule has 2 aliphatic rings. The first-order chi connectivity index (χ1) is 14.9. The molecular formula is C24H29N5OS. The Labute approximate surface area is 188 Å². The molecule has 0 unspecified atom stereocenters. The molecule has 7 heteroatoms. The highest BCUT2D eigenvalue weighted by Crippen LogP contribution is 2.40. The van der Waals surface area contributed by atoms with Gasteiger partial charge in [-0.3, -0.25) is 14.7 Å². The van der Waals surface area contributed by atoms with Crippen LogP contribution in [0.25, 0.3) is 10.4 Å². The normalized spacial score (nSPS) is 18.8. The van der Waals surface area contributed by atoms with Gasteiger partial charge in [-0.15, -0.1) is 0 Å². The second-order valence-corrected chi connectivity index (χ2v) is 10.3. The van der Waals surface area contributed by atoms with Crippen LogP contribution >= 0.6 is 11.8 Å². The maximum atomic E-state index is 12.7. The van der Waals surface area contributed by atoms with Crippen LogP contribution in [0.5, 0.6) is 0 Å². The first-order valence-corrected chi connectivity index (χ1v) is 12.0. The van der Waals surface area contributed by atoms with Crippen molar-refractivity contribution in [1.82, 2.24) is 14.9 Å². The third-order valence-corrected chi connectivity index (χ3v) is 7.00. The summed E-state index contributed by atoms with van der Waals surface area (Å²) >= 11 is 2.02. The van der Waals surface area contributed by atoms with E-state index in [2.05, 4.69) is 57.1 Å². The fraction of sp³-hybridized carbons (Fsp3) is 0.458. The summed E-state index contributed by atoms with van der Waals surface area (Å²) in [4.78, 5) is 25.3. The number of nitrogens with one attached hydrogen (secondary N) is 2. The lowest BCUT2D eigenvalue weighted by atomic mass is 9.76. The largest absolute Gasteiger partial charge is 0.363 e. The van der Waals surface area contributed by atoms with Crippen LogP contribution in [0.15, 0.2) is 30.5 Å². The number of aromatic amines is 1. The van der Waals surface area contributed by atoms with E-state index in [0.29, 0.717) is 5.41 Å². The van der Waals surface area contributed by atoms with Crippen molar-refractivity contribution in [2.45, 2.75) is 39.7 Å². The molecule has 1 aliphatic heterocycles. The Morgan fingerprint density at radius 1 is 1.35 bits per heavy atom. The molecule has 6 nitrogen and oxygen atoms in total. The number of thioether (sulfide) groups is 1. The number of imidazole rings is 1. The van der Waals surface area contributed by atoms with Crippen molar-refractivity contribution >= 4 is 34.7 Å². The van der Waals surface area contributed by atoms with Crippen LogP contribution in [-0.4, -0.2) is 45.4 Å². The number of carbonyl (C=O) groups is 1. The molecule has 1 fully saturated rings. The van der Waals surface area contributed by atoms with Gasteiger partial charge in [0.15, 0.2) is 0 Å². The van der Waals surface area contributed by atoms with Gasteiger partial charge in [-0.2, -0.15) is 11.8 Å². The molecule has 162 valence electrons. The number of allylic oxidation sites excluding steroid dienone is 2. The molecule has 0 bridgehead atoms. The Hall–Kier alpha value is -2.56. The first kappa shape index (κ1) is 21.7. The molecule has 0 spiro atoms. The predicted octanol–water partition coefficient (Wildman–Crippen LogP) is 5.36. The fourth-order valence-electron chi connectivity index (χ4n) is 4.07. The van der Waals surface area contributed by atoms with Gasteiger partial charge in [-0.05, 0) is 47.9 Å². The molecule has 2 N–H and O–H groups in total. The third-order valence-electron chi connectivity index (χ3n) is 6.06. The molecule has 0 atom stereocenters. The van der Waals surface area contributed by atoms with Gasteiger partial charge < -0.3 is 10.2 Å². The van der Waals surface area contributed by atoms with Gasteiger partial charge >= 0.3 is 5.91 Å². The molecule has 2 heterocycles. The maximum Gasteiger partial charge on any atom is 0.314 e. The number of aromatic nitrogens is 2. The molecule has 31 heavy (non-hydrogen) atoms. The minimum atomic E-state index is -0.325.